The number of carbonyl (C=O) groups excluding carboxylic acids is 1. The van der Waals surface area contributed by atoms with Crippen LogP contribution in [0, 0.1) is 6.92 Å². The van der Waals surface area contributed by atoms with Gasteiger partial charge in [0.1, 0.15) is 12.4 Å². The molecule has 160 valence electrons. The summed E-state index contributed by atoms with van der Waals surface area (Å²) in [6.07, 6.45) is 0.679. The fraction of sp³-hybridized carbons (Fsp3) is 0.500. The van der Waals surface area contributed by atoms with Crippen LogP contribution in [-0.2, 0) is 22.5 Å². The van der Waals surface area contributed by atoms with Gasteiger partial charge in [-0.2, -0.15) is 4.98 Å². The average Bonchev–Trinajstić information content (AvgIpc) is 2.74. The highest BCUT2D eigenvalue weighted by molar-refractivity contribution is 5.77. The molecule has 0 atom stereocenters. The molecule has 0 saturated carbocycles. The Hall–Kier alpha value is -2.71. The van der Waals surface area contributed by atoms with E-state index < -0.39 is 0 Å². The molecule has 0 bridgehead atoms. The summed E-state index contributed by atoms with van der Waals surface area (Å²) >= 11 is 0. The number of aryl methyl sites for hydroxylation is 1. The van der Waals surface area contributed by atoms with Gasteiger partial charge in [-0.25, -0.2) is 4.98 Å². The Balaban J connectivity index is 1.67. The third-order valence-electron chi connectivity index (χ3n) is 5.62. The van der Waals surface area contributed by atoms with Crippen LogP contribution in [-0.4, -0.2) is 79.2 Å². The maximum Gasteiger partial charge on any atom is 0.248 e. The van der Waals surface area contributed by atoms with Crippen molar-refractivity contribution in [3.8, 4) is 11.6 Å². The van der Waals surface area contributed by atoms with Gasteiger partial charge in [0.2, 0.25) is 17.7 Å². The van der Waals surface area contributed by atoms with E-state index in [1.54, 1.807) is 4.90 Å². The zero-order chi connectivity index (χ0) is 21.1. The molecule has 1 saturated heterocycles. The number of hydrogen-bond donors (Lipinski definition) is 0. The molecular formula is C22H29N5O3. The van der Waals surface area contributed by atoms with Gasteiger partial charge in [0.15, 0.2) is 0 Å². The number of piperazine rings is 1. The number of ether oxygens (including phenoxy) is 2. The fourth-order valence-electron chi connectivity index (χ4n) is 3.82. The molecule has 0 N–H and O–H groups in total. The Morgan fingerprint density at radius 3 is 2.67 bits per heavy atom. The number of carbonyl (C=O) groups is 1. The fourth-order valence-corrected chi connectivity index (χ4v) is 3.82. The van der Waals surface area contributed by atoms with E-state index in [-0.39, 0.29) is 12.5 Å². The molecule has 0 aliphatic carbocycles. The first-order chi connectivity index (χ1) is 14.5. The van der Waals surface area contributed by atoms with Gasteiger partial charge in [-0.15, -0.1) is 0 Å². The molecule has 1 fully saturated rings. The van der Waals surface area contributed by atoms with Crippen molar-refractivity contribution in [3.05, 3.63) is 41.1 Å². The molecule has 2 aliphatic heterocycles. The van der Waals surface area contributed by atoms with Gasteiger partial charge in [0, 0.05) is 46.3 Å². The molecule has 0 unspecified atom stereocenters. The van der Waals surface area contributed by atoms with Gasteiger partial charge in [-0.05, 0) is 31.7 Å². The van der Waals surface area contributed by atoms with Crippen LogP contribution in [0.2, 0.25) is 0 Å². The van der Waals surface area contributed by atoms with Crippen molar-refractivity contribution < 1.29 is 14.3 Å². The van der Waals surface area contributed by atoms with Crippen LogP contribution in [0.15, 0.2) is 24.3 Å². The van der Waals surface area contributed by atoms with Crippen LogP contribution in [0.5, 0.6) is 11.6 Å². The largest absolute Gasteiger partial charge is 0.438 e. The maximum absolute atomic E-state index is 12.4. The van der Waals surface area contributed by atoms with Gasteiger partial charge in [0.05, 0.1) is 17.8 Å². The third-order valence-corrected chi connectivity index (χ3v) is 5.62. The third kappa shape index (κ3) is 4.55. The number of likely N-dealkylation sites (N-methyl/N-ethyl adjacent to an activating group) is 1. The number of methoxy groups -OCH3 is 1. The molecule has 0 spiro atoms. The standard InChI is InChI=1S/C22H29N5O3/c1-16-5-4-6-17(13-16)30-21-18-14-27(20(28)15-29-3)8-7-19(18)23-22(24-21)26-11-9-25(2)10-12-26/h4-6,13H,7-12,14-15H2,1-3H3. The van der Waals surface area contributed by atoms with Crippen LogP contribution < -0.4 is 9.64 Å². The molecule has 3 heterocycles. The molecule has 8 nitrogen and oxygen atoms in total. The summed E-state index contributed by atoms with van der Waals surface area (Å²) < 4.78 is 11.3. The number of fused-ring (bicyclic) bond motifs is 1. The SMILES string of the molecule is COCC(=O)N1CCc2nc(N3CCN(C)CC3)nc(Oc3cccc(C)c3)c2C1. The monoisotopic (exact) mass is 411 g/mol. The molecule has 2 aliphatic rings. The van der Waals surface area contributed by atoms with Crippen LogP contribution in [0.3, 0.4) is 0 Å². The lowest BCUT2D eigenvalue weighted by atomic mass is 10.1. The van der Waals surface area contributed by atoms with Crippen molar-refractivity contribution in [2.24, 2.45) is 0 Å². The smallest absolute Gasteiger partial charge is 0.248 e. The van der Waals surface area contributed by atoms with Gasteiger partial charge in [-0.3, -0.25) is 4.79 Å². The topological polar surface area (TPSA) is 71.0 Å². The zero-order valence-corrected chi connectivity index (χ0v) is 17.9. The minimum Gasteiger partial charge on any atom is -0.438 e. The quantitative estimate of drug-likeness (QED) is 0.744. The molecule has 1 aromatic heterocycles. The summed E-state index contributed by atoms with van der Waals surface area (Å²) in [4.78, 5) is 28.4. The van der Waals surface area contributed by atoms with Crippen LogP contribution in [0.4, 0.5) is 5.95 Å². The average molecular weight is 412 g/mol. The molecule has 1 aromatic carbocycles. The second-order valence-corrected chi connectivity index (χ2v) is 7.96. The lowest BCUT2D eigenvalue weighted by molar-refractivity contribution is -0.136. The Morgan fingerprint density at radius 1 is 1.13 bits per heavy atom. The van der Waals surface area contributed by atoms with Crippen molar-refractivity contribution in [1.82, 2.24) is 19.8 Å². The van der Waals surface area contributed by atoms with Gasteiger partial charge < -0.3 is 24.2 Å². The predicted octanol–water partition coefficient (Wildman–Crippen LogP) is 1.86. The molecule has 8 heteroatoms. The van der Waals surface area contributed by atoms with E-state index >= 15 is 0 Å². The Labute approximate surface area is 177 Å². The highest BCUT2D eigenvalue weighted by atomic mass is 16.5. The number of nitrogens with zero attached hydrogens (tertiary/aromatic N) is 5. The highest BCUT2D eigenvalue weighted by Gasteiger charge is 2.28. The van der Waals surface area contributed by atoms with E-state index in [9.17, 15) is 4.79 Å². The van der Waals surface area contributed by atoms with Crippen molar-refractivity contribution in [1.29, 1.82) is 0 Å². The summed E-state index contributed by atoms with van der Waals surface area (Å²) in [7, 11) is 3.66. The molecule has 1 amide bonds. The van der Waals surface area contributed by atoms with E-state index in [1.807, 2.05) is 31.2 Å². The highest BCUT2D eigenvalue weighted by Crippen LogP contribution is 2.32. The minimum atomic E-state index is -0.0344. The Bertz CT molecular complexity index is 912. The van der Waals surface area contributed by atoms with Crippen LogP contribution in [0.1, 0.15) is 16.8 Å². The Morgan fingerprint density at radius 2 is 1.93 bits per heavy atom. The van der Waals surface area contributed by atoms with Crippen molar-refractivity contribution >= 4 is 11.9 Å². The maximum atomic E-state index is 12.4. The van der Waals surface area contributed by atoms with Gasteiger partial charge >= 0.3 is 0 Å². The van der Waals surface area contributed by atoms with Crippen molar-refractivity contribution in [2.75, 3.05) is 58.4 Å². The van der Waals surface area contributed by atoms with Crippen LogP contribution >= 0.6 is 0 Å². The Kier molecular flexibility index (Phi) is 6.15. The summed E-state index contributed by atoms with van der Waals surface area (Å²) in [5.74, 6) is 1.95. The molecule has 4 rings (SSSR count). The zero-order valence-electron chi connectivity index (χ0n) is 17.9. The molecule has 30 heavy (non-hydrogen) atoms. The van der Waals surface area contributed by atoms with Crippen molar-refractivity contribution in [3.63, 3.8) is 0 Å². The second kappa shape index (κ2) is 8.97. The number of benzene rings is 1. The summed E-state index contributed by atoms with van der Waals surface area (Å²) in [5, 5.41) is 0. The number of aromatic nitrogens is 2. The van der Waals surface area contributed by atoms with Crippen LogP contribution in [0.25, 0.3) is 0 Å². The molecule has 0 radical (unpaired) electrons. The summed E-state index contributed by atoms with van der Waals surface area (Å²) in [6.45, 7) is 6.89. The summed E-state index contributed by atoms with van der Waals surface area (Å²) in [6, 6.07) is 7.91. The van der Waals surface area contributed by atoms with E-state index in [0.717, 1.165) is 48.7 Å². The van der Waals surface area contributed by atoms with Crippen molar-refractivity contribution in [2.45, 2.75) is 19.9 Å². The number of hydrogen-bond acceptors (Lipinski definition) is 7. The van der Waals surface area contributed by atoms with E-state index in [4.69, 9.17) is 19.4 Å². The number of amides is 1. The number of anilines is 1. The van der Waals surface area contributed by atoms with Gasteiger partial charge in [0.25, 0.3) is 0 Å². The lowest BCUT2D eigenvalue weighted by Crippen LogP contribution is -2.45. The van der Waals surface area contributed by atoms with Gasteiger partial charge in [-0.1, -0.05) is 12.1 Å². The normalized spacial score (nSPS) is 17.0. The van der Waals surface area contributed by atoms with E-state index in [2.05, 4.69) is 16.8 Å². The number of rotatable bonds is 5. The first-order valence-corrected chi connectivity index (χ1v) is 10.4. The lowest BCUT2D eigenvalue weighted by Gasteiger charge is -2.34. The second-order valence-electron chi connectivity index (χ2n) is 7.96. The molecule has 2 aromatic rings. The minimum absolute atomic E-state index is 0.0344. The first kappa shape index (κ1) is 20.6. The van der Waals surface area contributed by atoms with E-state index in [0.29, 0.717) is 31.3 Å². The first-order valence-electron chi connectivity index (χ1n) is 10.4. The summed E-state index contributed by atoms with van der Waals surface area (Å²) in [5.41, 5.74) is 2.96. The van der Waals surface area contributed by atoms with E-state index in [1.165, 1.54) is 7.11 Å². The predicted molar refractivity (Wildman–Crippen MR) is 114 cm³/mol. The molecular weight excluding hydrogens is 382 g/mol.